The largest absolute Gasteiger partial charge is 0.497 e. The SMILES string of the molecule is N#Cc1ccc2ccn(C[B-](F)(F)F)c2c1. The molecule has 0 spiro atoms. The van der Waals surface area contributed by atoms with Crippen molar-refractivity contribution in [3.63, 3.8) is 0 Å². The fourth-order valence-corrected chi connectivity index (χ4v) is 1.64. The Bertz CT molecular complexity index is 565. The molecule has 2 nitrogen and oxygen atoms in total. The lowest BCUT2D eigenvalue weighted by molar-refractivity contribution is 0.448. The van der Waals surface area contributed by atoms with Gasteiger partial charge < -0.3 is 17.5 Å². The maximum Gasteiger partial charge on any atom is 0.497 e. The van der Waals surface area contributed by atoms with Crippen molar-refractivity contribution in [2.24, 2.45) is 0 Å². The lowest BCUT2D eigenvalue weighted by atomic mass is 9.92. The summed E-state index contributed by atoms with van der Waals surface area (Å²) in [6.45, 7) is -4.87. The number of nitrogens with zero attached hydrogens (tertiary/aromatic N) is 2. The summed E-state index contributed by atoms with van der Waals surface area (Å²) in [5, 5.41) is 9.39. The fraction of sp³-hybridized carbons (Fsp3) is 0.100. The van der Waals surface area contributed by atoms with Gasteiger partial charge in [-0.1, -0.05) is 6.07 Å². The van der Waals surface area contributed by atoms with Crippen LogP contribution in [0.5, 0.6) is 0 Å². The molecule has 0 saturated carbocycles. The van der Waals surface area contributed by atoms with Gasteiger partial charge in [-0.3, -0.25) is 0 Å². The average molecular weight is 223 g/mol. The van der Waals surface area contributed by atoms with E-state index in [0.29, 0.717) is 16.5 Å². The number of halogens is 3. The first-order valence-electron chi connectivity index (χ1n) is 4.69. The minimum absolute atomic E-state index is 0.363. The molecule has 2 aromatic rings. The summed E-state index contributed by atoms with van der Waals surface area (Å²) in [5.41, 5.74) is 0.806. The van der Waals surface area contributed by atoms with E-state index in [9.17, 15) is 12.9 Å². The highest BCUT2D eigenvalue weighted by molar-refractivity contribution is 6.57. The summed E-state index contributed by atoms with van der Waals surface area (Å²) in [6.07, 6.45) is 0.416. The third-order valence-electron chi connectivity index (χ3n) is 2.31. The van der Waals surface area contributed by atoms with E-state index in [4.69, 9.17) is 5.26 Å². The van der Waals surface area contributed by atoms with Crippen molar-refractivity contribution in [3.8, 4) is 6.07 Å². The topological polar surface area (TPSA) is 28.7 Å². The van der Waals surface area contributed by atoms with E-state index in [1.807, 2.05) is 6.07 Å². The van der Waals surface area contributed by atoms with E-state index < -0.39 is 13.4 Å². The van der Waals surface area contributed by atoms with Crippen molar-refractivity contribution in [2.45, 2.75) is 6.44 Å². The van der Waals surface area contributed by atoms with Crippen molar-refractivity contribution >= 4 is 17.9 Å². The summed E-state index contributed by atoms with van der Waals surface area (Å²) in [5.74, 6) is 0. The Labute approximate surface area is 90.0 Å². The van der Waals surface area contributed by atoms with Gasteiger partial charge in [0.2, 0.25) is 0 Å². The maximum atomic E-state index is 12.3. The lowest BCUT2D eigenvalue weighted by Gasteiger charge is -2.15. The number of fused-ring (bicyclic) bond motifs is 1. The number of nitriles is 1. The highest BCUT2D eigenvalue weighted by atomic mass is 19.4. The molecule has 0 unspecified atom stereocenters. The van der Waals surface area contributed by atoms with Gasteiger partial charge in [-0.15, -0.1) is 0 Å². The highest BCUT2D eigenvalue weighted by Crippen LogP contribution is 2.20. The molecule has 16 heavy (non-hydrogen) atoms. The standard InChI is InChI=1S/C10H7BF3N2/c12-11(13,14)7-16-4-3-9-2-1-8(6-15)5-10(9)16/h1-5H,7H2/q-1. The molecule has 0 atom stereocenters. The molecule has 0 aliphatic carbocycles. The second-order valence-corrected chi connectivity index (χ2v) is 3.56. The van der Waals surface area contributed by atoms with Gasteiger partial charge in [0.05, 0.1) is 11.6 Å². The lowest BCUT2D eigenvalue weighted by Crippen LogP contribution is -2.23. The summed E-state index contributed by atoms with van der Waals surface area (Å²) < 4.78 is 38.0. The molecule has 1 heterocycles. The monoisotopic (exact) mass is 223 g/mol. The van der Waals surface area contributed by atoms with Gasteiger partial charge in [0.15, 0.2) is 0 Å². The van der Waals surface area contributed by atoms with E-state index in [1.54, 1.807) is 18.2 Å². The predicted octanol–water partition coefficient (Wildman–Crippen LogP) is 2.90. The van der Waals surface area contributed by atoms with Gasteiger partial charge in [-0.25, -0.2) is 0 Å². The van der Waals surface area contributed by atoms with Gasteiger partial charge in [-0.2, -0.15) is 5.26 Å². The molecule has 1 aromatic carbocycles. The van der Waals surface area contributed by atoms with Gasteiger partial charge in [0.1, 0.15) is 0 Å². The Morgan fingerprint density at radius 1 is 1.25 bits per heavy atom. The molecule has 0 bridgehead atoms. The van der Waals surface area contributed by atoms with Crippen LogP contribution in [0.25, 0.3) is 10.9 Å². The quantitative estimate of drug-likeness (QED) is 0.719. The second-order valence-electron chi connectivity index (χ2n) is 3.56. The van der Waals surface area contributed by atoms with Crippen LogP contribution in [0.15, 0.2) is 30.5 Å². The third kappa shape index (κ3) is 2.03. The summed E-state index contributed by atoms with van der Waals surface area (Å²) in [4.78, 5) is 0. The number of aromatic nitrogens is 1. The molecule has 0 amide bonds. The normalized spacial score (nSPS) is 11.6. The van der Waals surface area contributed by atoms with Crippen LogP contribution in [-0.2, 0) is 6.44 Å². The molecular formula is C10H7BF3N2-. The predicted molar refractivity (Wildman–Crippen MR) is 55.7 cm³/mol. The average Bonchev–Trinajstić information content (AvgIpc) is 2.58. The van der Waals surface area contributed by atoms with Crippen molar-refractivity contribution in [2.75, 3.05) is 0 Å². The molecule has 2 rings (SSSR count). The Hall–Kier alpha value is -1.90. The first kappa shape index (κ1) is 10.6. The molecule has 0 fully saturated rings. The van der Waals surface area contributed by atoms with Crippen LogP contribution in [0, 0.1) is 11.3 Å². The summed E-state index contributed by atoms with van der Waals surface area (Å²) >= 11 is 0. The second kappa shape index (κ2) is 3.60. The van der Waals surface area contributed by atoms with Crippen molar-refractivity contribution in [1.29, 1.82) is 5.26 Å². The molecular weight excluding hydrogens is 216 g/mol. The molecule has 0 aliphatic rings. The van der Waals surface area contributed by atoms with E-state index in [1.165, 1.54) is 12.3 Å². The molecule has 0 N–H and O–H groups in total. The van der Waals surface area contributed by atoms with Crippen molar-refractivity contribution < 1.29 is 12.9 Å². The highest BCUT2D eigenvalue weighted by Gasteiger charge is 2.23. The van der Waals surface area contributed by atoms with E-state index in [-0.39, 0.29) is 0 Å². The van der Waals surface area contributed by atoms with Crippen LogP contribution in [0.3, 0.4) is 0 Å². The van der Waals surface area contributed by atoms with Crippen LogP contribution in [0.4, 0.5) is 12.9 Å². The Kier molecular flexibility index (Phi) is 2.39. The number of benzene rings is 1. The van der Waals surface area contributed by atoms with Crippen LogP contribution in [0.1, 0.15) is 5.56 Å². The van der Waals surface area contributed by atoms with Gasteiger partial charge in [0, 0.05) is 11.7 Å². The van der Waals surface area contributed by atoms with E-state index >= 15 is 0 Å². The zero-order valence-corrected chi connectivity index (χ0v) is 8.20. The summed E-state index contributed by atoms with van der Waals surface area (Å²) in [7, 11) is 0. The van der Waals surface area contributed by atoms with E-state index in [0.717, 1.165) is 4.57 Å². The van der Waals surface area contributed by atoms with Gasteiger partial charge in [-0.05, 0) is 30.0 Å². The van der Waals surface area contributed by atoms with E-state index in [2.05, 4.69) is 0 Å². The minimum Gasteiger partial charge on any atom is -0.448 e. The molecule has 6 heteroatoms. The zero-order valence-electron chi connectivity index (χ0n) is 8.20. The first-order valence-corrected chi connectivity index (χ1v) is 4.69. The number of hydrogen-bond acceptors (Lipinski definition) is 1. The molecule has 0 aliphatic heterocycles. The third-order valence-corrected chi connectivity index (χ3v) is 2.31. The molecule has 82 valence electrons. The fourth-order valence-electron chi connectivity index (χ4n) is 1.64. The minimum atomic E-state index is -4.87. The zero-order chi connectivity index (χ0) is 11.8. The smallest absolute Gasteiger partial charge is 0.448 e. The Balaban J connectivity index is 2.51. The van der Waals surface area contributed by atoms with Crippen molar-refractivity contribution in [3.05, 3.63) is 36.0 Å². The Morgan fingerprint density at radius 2 is 2.00 bits per heavy atom. The Morgan fingerprint density at radius 3 is 2.62 bits per heavy atom. The molecule has 1 aromatic heterocycles. The number of rotatable bonds is 2. The maximum absolute atomic E-state index is 12.3. The van der Waals surface area contributed by atoms with Crippen LogP contribution < -0.4 is 0 Å². The van der Waals surface area contributed by atoms with Gasteiger partial charge in [0.25, 0.3) is 0 Å². The van der Waals surface area contributed by atoms with Crippen LogP contribution >= 0.6 is 0 Å². The van der Waals surface area contributed by atoms with Crippen molar-refractivity contribution in [1.82, 2.24) is 4.57 Å². The first-order chi connectivity index (χ1) is 7.49. The molecule has 0 radical (unpaired) electrons. The molecule has 0 saturated heterocycles. The van der Waals surface area contributed by atoms with Gasteiger partial charge >= 0.3 is 6.98 Å². The van der Waals surface area contributed by atoms with Crippen LogP contribution in [0.2, 0.25) is 0 Å². The van der Waals surface area contributed by atoms with Crippen LogP contribution in [-0.4, -0.2) is 11.5 Å². The number of hydrogen-bond donors (Lipinski definition) is 0. The summed E-state index contributed by atoms with van der Waals surface area (Å²) in [6, 6.07) is 8.22.